The van der Waals surface area contributed by atoms with Crippen molar-refractivity contribution in [3.05, 3.63) is 57.8 Å². The Labute approximate surface area is 113 Å². The molecule has 0 amide bonds. The third-order valence-corrected chi connectivity index (χ3v) is 3.47. The zero-order valence-electron chi connectivity index (χ0n) is 9.96. The average Bonchev–Trinajstić information content (AvgIpc) is 2.75. The highest BCUT2D eigenvalue weighted by Gasteiger charge is 2.04. The van der Waals surface area contributed by atoms with Crippen molar-refractivity contribution in [2.24, 2.45) is 0 Å². The van der Waals surface area contributed by atoms with Crippen molar-refractivity contribution in [3.8, 4) is 5.75 Å². The zero-order chi connectivity index (χ0) is 13.2. The lowest BCUT2D eigenvalue weighted by atomic mass is 10.2. The first kappa shape index (κ1) is 11.8. The molecule has 5 heteroatoms. The first-order valence-electron chi connectivity index (χ1n) is 5.72. The van der Waals surface area contributed by atoms with E-state index in [9.17, 15) is 4.79 Å². The molecule has 0 spiro atoms. The molecule has 96 valence electrons. The van der Waals surface area contributed by atoms with E-state index < -0.39 is 0 Å². The molecule has 3 aromatic rings. The SMILES string of the molecule is Nc1cccc(COc2ccc3sc(=O)oc3c2)c1. The van der Waals surface area contributed by atoms with Crippen LogP contribution in [0.15, 0.2) is 51.7 Å². The van der Waals surface area contributed by atoms with E-state index in [-0.39, 0.29) is 4.94 Å². The number of fused-ring (bicyclic) bond motifs is 1. The predicted octanol–water partition coefficient (Wildman–Crippen LogP) is 3.02. The van der Waals surface area contributed by atoms with Crippen LogP contribution in [0.2, 0.25) is 0 Å². The number of ether oxygens (including phenoxy) is 1. The minimum Gasteiger partial charge on any atom is -0.489 e. The maximum absolute atomic E-state index is 11.1. The number of nitrogens with two attached hydrogens (primary N) is 1. The van der Waals surface area contributed by atoms with Gasteiger partial charge in [-0.1, -0.05) is 23.5 Å². The van der Waals surface area contributed by atoms with Gasteiger partial charge in [-0.3, -0.25) is 0 Å². The molecule has 1 aromatic heterocycles. The third kappa shape index (κ3) is 2.61. The minimum absolute atomic E-state index is 0.303. The van der Waals surface area contributed by atoms with E-state index >= 15 is 0 Å². The van der Waals surface area contributed by atoms with Crippen LogP contribution in [0.1, 0.15) is 5.56 Å². The summed E-state index contributed by atoms with van der Waals surface area (Å²) in [6, 6.07) is 12.9. The van der Waals surface area contributed by atoms with Crippen LogP contribution in [0.3, 0.4) is 0 Å². The summed E-state index contributed by atoms with van der Waals surface area (Å²) in [4.78, 5) is 10.8. The van der Waals surface area contributed by atoms with Crippen molar-refractivity contribution in [3.63, 3.8) is 0 Å². The van der Waals surface area contributed by atoms with Gasteiger partial charge in [0.05, 0.1) is 4.70 Å². The van der Waals surface area contributed by atoms with Crippen LogP contribution >= 0.6 is 11.3 Å². The standard InChI is InChI=1S/C14H11NO3S/c15-10-3-1-2-9(6-10)8-17-11-4-5-13-12(7-11)18-14(16)19-13/h1-7H,8,15H2. The van der Waals surface area contributed by atoms with Crippen LogP contribution in [-0.2, 0) is 6.61 Å². The van der Waals surface area contributed by atoms with Crippen LogP contribution in [0.4, 0.5) is 5.69 Å². The normalized spacial score (nSPS) is 10.7. The fourth-order valence-electron chi connectivity index (χ4n) is 1.79. The highest BCUT2D eigenvalue weighted by molar-refractivity contribution is 7.16. The number of hydrogen-bond donors (Lipinski definition) is 1. The van der Waals surface area contributed by atoms with Crippen molar-refractivity contribution in [1.82, 2.24) is 0 Å². The molecule has 4 nitrogen and oxygen atoms in total. The summed E-state index contributed by atoms with van der Waals surface area (Å²) in [7, 11) is 0. The maximum Gasteiger partial charge on any atom is 0.396 e. The Morgan fingerprint density at radius 2 is 2.11 bits per heavy atom. The number of nitrogen functional groups attached to an aromatic ring is 1. The number of hydrogen-bond acceptors (Lipinski definition) is 5. The van der Waals surface area contributed by atoms with Crippen LogP contribution in [0, 0.1) is 0 Å². The second-order valence-corrected chi connectivity index (χ2v) is 5.07. The lowest BCUT2D eigenvalue weighted by Gasteiger charge is -2.06. The quantitative estimate of drug-likeness (QED) is 0.745. The summed E-state index contributed by atoms with van der Waals surface area (Å²) >= 11 is 1.08. The van der Waals surface area contributed by atoms with Gasteiger partial charge >= 0.3 is 4.94 Å². The molecule has 0 fully saturated rings. The average molecular weight is 273 g/mol. The van der Waals surface area contributed by atoms with Gasteiger partial charge in [0.2, 0.25) is 0 Å². The molecule has 0 aliphatic heterocycles. The van der Waals surface area contributed by atoms with Gasteiger partial charge in [-0.2, -0.15) is 0 Å². The van der Waals surface area contributed by atoms with Gasteiger partial charge in [0, 0.05) is 11.8 Å². The molecule has 1 heterocycles. The molecule has 0 saturated carbocycles. The Morgan fingerprint density at radius 3 is 2.95 bits per heavy atom. The molecule has 0 aliphatic carbocycles. The van der Waals surface area contributed by atoms with E-state index in [1.807, 2.05) is 36.4 Å². The van der Waals surface area contributed by atoms with Crippen LogP contribution < -0.4 is 15.4 Å². The molecular weight excluding hydrogens is 262 g/mol. The second-order valence-electron chi connectivity index (χ2n) is 4.10. The van der Waals surface area contributed by atoms with Crippen molar-refractivity contribution < 1.29 is 9.15 Å². The van der Waals surface area contributed by atoms with Gasteiger partial charge in [-0.05, 0) is 29.8 Å². The first-order chi connectivity index (χ1) is 9.20. The van der Waals surface area contributed by atoms with Crippen LogP contribution in [-0.4, -0.2) is 0 Å². The summed E-state index contributed by atoms with van der Waals surface area (Å²) in [5.41, 5.74) is 7.96. The van der Waals surface area contributed by atoms with Crippen molar-refractivity contribution in [2.45, 2.75) is 6.61 Å². The molecule has 0 unspecified atom stereocenters. The van der Waals surface area contributed by atoms with E-state index in [0.717, 1.165) is 21.6 Å². The minimum atomic E-state index is -0.303. The number of anilines is 1. The van der Waals surface area contributed by atoms with Crippen molar-refractivity contribution >= 4 is 27.3 Å². The highest BCUT2D eigenvalue weighted by atomic mass is 32.1. The lowest BCUT2D eigenvalue weighted by Crippen LogP contribution is -1.96. The van der Waals surface area contributed by atoms with Gasteiger partial charge < -0.3 is 14.9 Å². The Morgan fingerprint density at radius 1 is 1.21 bits per heavy atom. The third-order valence-electron chi connectivity index (χ3n) is 2.66. The summed E-state index contributed by atoms with van der Waals surface area (Å²) in [6.07, 6.45) is 0. The van der Waals surface area contributed by atoms with Crippen LogP contribution in [0.5, 0.6) is 5.75 Å². The van der Waals surface area contributed by atoms with Gasteiger partial charge in [0.1, 0.15) is 12.4 Å². The Kier molecular flexibility index (Phi) is 2.97. The van der Waals surface area contributed by atoms with Gasteiger partial charge in [-0.15, -0.1) is 0 Å². The molecule has 0 atom stereocenters. The van der Waals surface area contributed by atoms with Crippen LogP contribution in [0.25, 0.3) is 10.3 Å². The summed E-state index contributed by atoms with van der Waals surface area (Å²) in [6.45, 7) is 0.422. The van der Waals surface area contributed by atoms with Crippen molar-refractivity contribution in [1.29, 1.82) is 0 Å². The van der Waals surface area contributed by atoms with E-state index in [2.05, 4.69) is 0 Å². The molecule has 0 saturated heterocycles. The van der Waals surface area contributed by atoms with E-state index in [1.165, 1.54) is 0 Å². The Balaban J connectivity index is 1.79. The number of rotatable bonds is 3. The molecule has 0 bridgehead atoms. The largest absolute Gasteiger partial charge is 0.489 e. The molecule has 3 rings (SSSR count). The number of benzene rings is 2. The maximum atomic E-state index is 11.1. The zero-order valence-corrected chi connectivity index (χ0v) is 10.8. The van der Waals surface area contributed by atoms with E-state index in [0.29, 0.717) is 23.6 Å². The fraction of sp³-hybridized carbons (Fsp3) is 0.0714. The Bertz CT molecular complexity index is 775. The molecule has 2 N–H and O–H groups in total. The van der Waals surface area contributed by atoms with E-state index in [4.69, 9.17) is 14.9 Å². The summed E-state index contributed by atoms with van der Waals surface area (Å²) in [5.74, 6) is 0.663. The molecular formula is C14H11NO3S. The van der Waals surface area contributed by atoms with Crippen molar-refractivity contribution in [2.75, 3.05) is 5.73 Å². The van der Waals surface area contributed by atoms with Gasteiger partial charge in [0.25, 0.3) is 0 Å². The van der Waals surface area contributed by atoms with E-state index in [1.54, 1.807) is 6.07 Å². The molecule has 0 aliphatic rings. The van der Waals surface area contributed by atoms with Gasteiger partial charge in [-0.25, -0.2) is 4.79 Å². The lowest BCUT2D eigenvalue weighted by molar-refractivity contribution is 0.306. The first-order valence-corrected chi connectivity index (χ1v) is 6.53. The predicted molar refractivity (Wildman–Crippen MR) is 75.5 cm³/mol. The highest BCUT2D eigenvalue weighted by Crippen LogP contribution is 2.23. The fourth-order valence-corrected chi connectivity index (χ4v) is 2.44. The Hall–Kier alpha value is -2.27. The molecule has 2 aromatic carbocycles. The topological polar surface area (TPSA) is 65.5 Å². The summed E-state index contributed by atoms with van der Waals surface area (Å²) < 4.78 is 11.5. The molecule has 19 heavy (non-hydrogen) atoms. The smallest absolute Gasteiger partial charge is 0.396 e. The second kappa shape index (κ2) is 4.78. The molecule has 0 radical (unpaired) electrons. The summed E-state index contributed by atoms with van der Waals surface area (Å²) in [5, 5.41) is 0. The van der Waals surface area contributed by atoms with Gasteiger partial charge in [0.15, 0.2) is 5.58 Å². The monoisotopic (exact) mass is 273 g/mol.